The zero-order valence-corrected chi connectivity index (χ0v) is 17.9. The monoisotopic (exact) mass is 424 g/mol. The molecule has 1 amide bonds. The number of ether oxygens (including phenoxy) is 1. The van der Waals surface area contributed by atoms with Crippen LogP contribution in [0.4, 0.5) is 11.4 Å². The number of amides is 1. The van der Waals surface area contributed by atoms with Crippen molar-refractivity contribution in [3.63, 3.8) is 0 Å². The van der Waals surface area contributed by atoms with Gasteiger partial charge in [-0.05, 0) is 62.7 Å². The summed E-state index contributed by atoms with van der Waals surface area (Å²) in [6, 6.07) is 20.1. The second-order valence-electron chi connectivity index (χ2n) is 7.10. The number of benzene rings is 3. The van der Waals surface area contributed by atoms with E-state index in [1.807, 2.05) is 32.9 Å². The van der Waals surface area contributed by atoms with Gasteiger partial charge in [0, 0.05) is 17.3 Å². The number of anilines is 2. The SMILES string of the molecule is Cc1ccccc1NS(=O)(=O)c1cccc(C(=O)Nc2cccc(OC(C)C)c2)c1. The summed E-state index contributed by atoms with van der Waals surface area (Å²) >= 11 is 0. The lowest BCUT2D eigenvalue weighted by molar-refractivity contribution is 0.102. The second-order valence-corrected chi connectivity index (χ2v) is 8.78. The van der Waals surface area contributed by atoms with Crippen molar-refractivity contribution < 1.29 is 17.9 Å². The van der Waals surface area contributed by atoms with Gasteiger partial charge in [0.05, 0.1) is 16.7 Å². The van der Waals surface area contributed by atoms with E-state index in [1.54, 1.807) is 48.5 Å². The van der Waals surface area contributed by atoms with E-state index < -0.39 is 15.9 Å². The minimum Gasteiger partial charge on any atom is -0.491 e. The Bertz CT molecular complexity index is 1160. The summed E-state index contributed by atoms with van der Waals surface area (Å²) in [6.45, 7) is 5.66. The highest BCUT2D eigenvalue weighted by Crippen LogP contribution is 2.22. The molecule has 0 radical (unpaired) electrons. The molecule has 3 aromatic rings. The van der Waals surface area contributed by atoms with Gasteiger partial charge in [-0.25, -0.2) is 8.42 Å². The van der Waals surface area contributed by atoms with Crippen molar-refractivity contribution in [3.8, 4) is 5.75 Å². The lowest BCUT2D eigenvalue weighted by Crippen LogP contribution is -2.16. The average molecular weight is 425 g/mol. The second kappa shape index (κ2) is 9.00. The normalized spacial score (nSPS) is 11.2. The Morgan fingerprint density at radius 3 is 2.40 bits per heavy atom. The number of nitrogens with one attached hydrogen (secondary N) is 2. The van der Waals surface area contributed by atoms with Gasteiger partial charge in [-0.3, -0.25) is 9.52 Å². The Balaban J connectivity index is 1.79. The Morgan fingerprint density at radius 2 is 1.67 bits per heavy atom. The fraction of sp³-hybridized carbons (Fsp3) is 0.174. The smallest absolute Gasteiger partial charge is 0.261 e. The molecule has 3 aromatic carbocycles. The van der Waals surface area contributed by atoms with E-state index in [2.05, 4.69) is 10.0 Å². The summed E-state index contributed by atoms with van der Waals surface area (Å²) in [5.41, 5.74) is 2.09. The van der Waals surface area contributed by atoms with E-state index in [9.17, 15) is 13.2 Å². The molecule has 0 aliphatic heterocycles. The first-order valence-electron chi connectivity index (χ1n) is 9.51. The van der Waals surface area contributed by atoms with E-state index in [4.69, 9.17) is 4.74 Å². The number of para-hydroxylation sites is 1. The van der Waals surface area contributed by atoms with Crippen LogP contribution in [0.2, 0.25) is 0 Å². The Labute approximate surface area is 177 Å². The van der Waals surface area contributed by atoms with Crippen LogP contribution in [0.15, 0.2) is 77.7 Å². The van der Waals surface area contributed by atoms with E-state index in [0.717, 1.165) is 5.56 Å². The van der Waals surface area contributed by atoms with Gasteiger partial charge >= 0.3 is 0 Å². The molecule has 7 heteroatoms. The fourth-order valence-electron chi connectivity index (χ4n) is 2.82. The van der Waals surface area contributed by atoms with Gasteiger partial charge < -0.3 is 10.1 Å². The van der Waals surface area contributed by atoms with Gasteiger partial charge in [0.2, 0.25) is 0 Å². The molecule has 0 spiro atoms. The molecule has 0 bridgehead atoms. The minimum atomic E-state index is -3.83. The molecule has 0 fully saturated rings. The maximum atomic E-state index is 12.8. The average Bonchev–Trinajstić information content (AvgIpc) is 2.69. The molecule has 0 aromatic heterocycles. The first-order valence-corrected chi connectivity index (χ1v) is 11.0. The molecule has 3 rings (SSSR count). The number of aryl methyl sites for hydroxylation is 1. The van der Waals surface area contributed by atoms with Crippen LogP contribution in [0.5, 0.6) is 5.75 Å². The van der Waals surface area contributed by atoms with E-state index in [0.29, 0.717) is 17.1 Å². The van der Waals surface area contributed by atoms with Crippen LogP contribution in [0.3, 0.4) is 0 Å². The van der Waals surface area contributed by atoms with Gasteiger partial charge in [-0.2, -0.15) is 0 Å². The Morgan fingerprint density at radius 1 is 0.933 bits per heavy atom. The first-order chi connectivity index (χ1) is 14.2. The summed E-state index contributed by atoms with van der Waals surface area (Å²) in [6.07, 6.45) is 0.0126. The molecular weight excluding hydrogens is 400 g/mol. The van der Waals surface area contributed by atoms with Crippen molar-refractivity contribution in [1.82, 2.24) is 0 Å². The number of hydrogen-bond donors (Lipinski definition) is 2. The molecule has 156 valence electrons. The molecule has 0 aliphatic carbocycles. The van der Waals surface area contributed by atoms with Gasteiger partial charge in [0.25, 0.3) is 15.9 Å². The van der Waals surface area contributed by atoms with Gasteiger partial charge in [-0.1, -0.05) is 30.3 Å². The van der Waals surface area contributed by atoms with Crippen LogP contribution in [0.25, 0.3) is 0 Å². The molecule has 0 saturated carbocycles. The van der Waals surface area contributed by atoms with Crippen LogP contribution < -0.4 is 14.8 Å². The van der Waals surface area contributed by atoms with Crippen LogP contribution >= 0.6 is 0 Å². The molecule has 0 aliphatic rings. The zero-order chi connectivity index (χ0) is 21.7. The predicted octanol–water partition coefficient (Wildman–Crippen LogP) is 4.84. The van der Waals surface area contributed by atoms with Crippen LogP contribution in [-0.4, -0.2) is 20.4 Å². The number of rotatable bonds is 7. The van der Waals surface area contributed by atoms with Gasteiger partial charge in [-0.15, -0.1) is 0 Å². The predicted molar refractivity (Wildman–Crippen MR) is 119 cm³/mol. The quantitative estimate of drug-likeness (QED) is 0.569. The lowest BCUT2D eigenvalue weighted by Gasteiger charge is -2.13. The maximum absolute atomic E-state index is 12.8. The summed E-state index contributed by atoms with van der Waals surface area (Å²) in [5, 5.41) is 2.78. The van der Waals surface area contributed by atoms with Crippen LogP contribution in [0.1, 0.15) is 29.8 Å². The number of sulfonamides is 1. The topological polar surface area (TPSA) is 84.5 Å². The van der Waals surface area contributed by atoms with Gasteiger partial charge in [0.1, 0.15) is 5.75 Å². The third-order valence-corrected chi connectivity index (χ3v) is 5.62. The van der Waals surface area contributed by atoms with E-state index in [-0.39, 0.29) is 16.6 Å². The summed E-state index contributed by atoms with van der Waals surface area (Å²) in [5.74, 6) is 0.228. The molecule has 0 atom stereocenters. The number of carbonyl (C=O) groups excluding carboxylic acids is 1. The lowest BCUT2D eigenvalue weighted by atomic mass is 10.2. The summed E-state index contributed by atoms with van der Waals surface area (Å²) in [7, 11) is -3.83. The molecule has 6 nitrogen and oxygen atoms in total. The number of hydrogen-bond acceptors (Lipinski definition) is 4. The third-order valence-electron chi connectivity index (χ3n) is 4.26. The molecule has 2 N–H and O–H groups in total. The van der Waals surface area contributed by atoms with Gasteiger partial charge in [0.15, 0.2) is 0 Å². The van der Waals surface area contributed by atoms with Crippen molar-refractivity contribution in [3.05, 3.63) is 83.9 Å². The summed E-state index contributed by atoms with van der Waals surface area (Å²) in [4.78, 5) is 12.7. The largest absolute Gasteiger partial charge is 0.491 e. The molecule has 0 saturated heterocycles. The highest BCUT2D eigenvalue weighted by molar-refractivity contribution is 7.92. The van der Waals surface area contributed by atoms with Crippen molar-refractivity contribution in [2.24, 2.45) is 0 Å². The van der Waals surface area contributed by atoms with Crippen molar-refractivity contribution >= 4 is 27.3 Å². The summed E-state index contributed by atoms with van der Waals surface area (Å²) < 4.78 is 33.8. The van der Waals surface area contributed by atoms with Crippen molar-refractivity contribution in [1.29, 1.82) is 0 Å². The molecule has 0 heterocycles. The zero-order valence-electron chi connectivity index (χ0n) is 17.0. The first kappa shape index (κ1) is 21.4. The van der Waals surface area contributed by atoms with Crippen molar-refractivity contribution in [2.75, 3.05) is 10.0 Å². The molecular formula is C23H24N2O4S. The maximum Gasteiger partial charge on any atom is 0.261 e. The standard InChI is InChI=1S/C23H24N2O4S/c1-16(2)29-20-11-7-10-19(15-20)24-23(26)18-9-6-12-21(14-18)30(27,28)25-22-13-5-4-8-17(22)3/h4-16,25H,1-3H3,(H,24,26). The van der Waals surface area contributed by atoms with Crippen molar-refractivity contribution in [2.45, 2.75) is 31.8 Å². The Hall–Kier alpha value is -3.32. The van der Waals surface area contributed by atoms with E-state index in [1.165, 1.54) is 12.1 Å². The molecule has 30 heavy (non-hydrogen) atoms. The minimum absolute atomic E-state index is 0.00953. The molecule has 0 unspecified atom stereocenters. The highest BCUT2D eigenvalue weighted by Gasteiger charge is 2.17. The van der Waals surface area contributed by atoms with Crippen LogP contribution in [0, 0.1) is 6.92 Å². The van der Waals surface area contributed by atoms with E-state index >= 15 is 0 Å². The Kier molecular flexibility index (Phi) is 6.42. The van der Waals surface area contributed by atoms with Crippen LogP contribution in [-0.2, 0) is 10.0 Å². The highest BCUT2D eigenvalue weighted by atomic mass is 32.2. The fourth-order valence-corrected chi connectivity index (χ4v) is 3.99. The number of carbonyl (C=O) groups is 1. The third kappa shape index (κ3) is 5.39.